The van der Waals surface area contributed by atoms with E-state index in [9.17, 15) is 13.6 Å². The summed E-state index contributed by atoms with van der Waals surface area (Å²) in [7, 11) is 1.32. The molecule has 0 aliphatic rings. The SMILES string of the molecule is CCCc1nn2c(OCc3c(F)cccc3F)cc(C)cc2c1C(=O)OC. The first-order valence-corrected chi connectivity index (χ1v) is 8.62. The first-order valence-electron chi connectivity index (χ1n) is 8.62. The van der Waals surface area contributed by atoms with E-state index in [0.717, 1.165) is 12.0 Å². The van der Waals surface area contributed by atoms with Crippen LogP contribution in [0.3, 0.4) is 0 Å². The van der Waals surface area contributed by atoms with Gasteiger partial charge in [-0.3, -0.25) is 0 Å². The predicted octanol–water partition coefficient (Wildman–Crippen LogP) is 4.24. The topological polar surface area (TPSA) is 52.8 Å². The third-order valence-corrected chi connectivity index (χ3v) is 4.22. The molecule has 0 radical (unpaired) electrons. The molecule has 0 aliphatic heterocycles. The van der Waals surface area contributed by atoms with E-state index in [1.807, 2.05) is 13.8 Å². The number of rotatable bonds is 6. The van der Waals surface area contributed by atoms with Crippen LogP contribution in [0.1, 0.15) is 40.5 Å². The third-order valence-electron chi connectivity index (χ3n) is 4.22. The Morgan fingerprint density at radius 1 is 1.22 bits per heavy atom. The molecule has 0 saturated carbocycles. The molecule has 0 atom stereocenters. The number of benzene rings is 1. The van der Waals surface area contributed by atoms with E-state index in [-0.39, 0.29) is 12.2 Å². The van der Waals surface area contributed by atoms with Crippen molar-refractivity contribution >= 4 is 11.5 Å². The maximum atomic E-state index is 13.9. The number of aryl methyl sites for hydroxylation is 2. The first-order chi connectivity index (χ1) is 13.0. The molecular weight excluding hydrogens is 354 g/mol. The van der Waals surface area contributed by atoms with Gasteiger partial charge in [0.05, 0.1) is 23.9 Å². The average Bonchev–Trinajstić information content (AvgIpc) is 2.98. The van der Waals surface area contributed by atoms with Crippen LogP contribution in [0, 0.1) is 18.6 Å². The Bertz CT molecular complexity index is 978. The van der Waals surface area contributed by atoms with Crippen molar-refractivity contribution < 1.29 is 23.0 Å². The lowest BCUT2D eigenvalue weighted by atomic mass is 10.1. The summed E-state index contributed by atoms with van der Waals surface area (Å²) in [5.74, 6) is -1.55. The number of fused-ring (bicyclic) bond motifs is 1. The highest BCUT2D eigenvalue weighted by atomic mass is 19.1. The number of aromatic nitrogens is 2. The lowest BCUT2D eigenvalue weighted by Crippen LogP contribution is -2.06. The summed E-state index contributed by atoms with van der Waals surface area (Å²) in [4.78, 5) is 12.3. The monoisotopic (exact) mass is 374 g/mol. The minimum atomic E-state index is -0.679. The normalized spacial score (nSPS) is 11.0. The molecule has 142 valence electrons. The fourth-order valence-electron chi connectivity index (χ4n) is 2.95. The summed E-state index contributed by atoms with van der Waals surface area (Å²) < 4.78 is 39.8. The highest BCUT2D eigenvalue weighted by Gasteiger charge is 2.22. The van der Waals surface area contributed by atoms with Gasteiger partial charge in [0, 0.05) is 6.07 Å². The second-order valence-corrected chi connectivity index (χ2v) is 6.22. The number of pyridine rings is 1. The molecule has 2 heterocycles. The van der Waals surface area contributed by atoms with E-state index in [4.69, 9.17) is 9.47 Å². The number of carbonyl (C=O) groups is 1. The Kier molecular flexibility index (Phi) is 5.39. The number of carbonyl (C=O) groups excluding carboxylic acids is 1. The third kappa shape index (κ3) is 3.63. The molecule has 0 amide bonds. The maximum Gasteiger partial charge on any atom is 0.342 e. The van der Waals surface area contributed by atoms with Gasteiger partial charge < -0.3 is 9.47 Å². The van der Waals surface area contributed by atoms with E-state index >= 15 is 0 Å². The Morgan fingerprint density at radius 2 is 1.93 bits per heavy atom. The first kappa shape index (κ1) is 18.8. The van der Waals surface area contributed by atoms with Crippen molar-refractivity contribution in [2.75, 3.05) is 7.11 Å². The number of hydrogen-bond donors (Lipinski definition) is 0. The lowest BCUT2D eigenvalue weighted by molar-refractivity contribution is 0.0601. The van der Waals surface area contributed by atoms with Gasteiger partial charge in [0.25, 0.3) is 0 Å². The number of nitrogens with zero attached hydrogens (tertiary/aromatic N) is 2. The maximum absolute atomic E-state index is 13.9. The number of halogens is 2. The molecular formula is C20H20F2N2O3. The minimum absolute atomic E-state index is 0.165. The molecule has 5 nitrogen and oxygen atoms in total. The van der Waals surface area contributed by atoms with Crippen molar-refractivity contribution in [2.45, 2.75) is 33.3 Å². The standard InChI is InChI=1S/C20H20F2N2O3/c1-4-6-16-19(20(25)26-3)17-9-12(2)10-18(24(17)23-16)27-11-13-14(21)7-5-8-15(13)22/h5,7-10H,4,6,11H2,1-3H3. The average molecular weight is 374 g/mol. The number of esters is 1. The second kappa shape index (κ2) is 7.73. The molecule has 1 aromatic carbocycles. The molecule has 0 aliphatic carbocycles. The number of ether oxygens (including phenoxy) is 2. The van der Waals surface area contributed by atoms with Crippen LogP contribution in [0.4, 0.5) is 8.78 Å². The number of methoxy groups -OCH3 is 1. The highest BCUT2D eigenvalue weighted by molar-refractivity contribution is 5.98. The molecule has 3 aromatic rings. The summed E-state index contributed by atoms with van der Waals surface area (Å²) in [5, 5.41) is 4.47. The van der Waals surface area contributed by atoms with Gasteiger partial charge in [0.1, 0.15) is 23.8 Å². The molecule has 0 fully saturated rings. The van der Waals surface area contributed by atoms with Gasteiger partial charge in [0.2, 0.25) is 5.88 Å². The Labute approximate surface area is 155 Å². The van der Waals surface area contributed by atoms with Crippen molar-refractivity contribution in [3.63, 3.8) is 0 Å². The van der Waals surface area contributed by atoms with Gasteiger partial charge in [-0.2, -0.15) is 9.61 Å². The second-order valence-electron chi connectivity index (χ2n) is 6.22. The van der Waals surface area contributed by atoms with Crippen LogP contribution >= 0.6 is 0 Å². The molecule has 0 N–H and O–H groups in total. The van der Waals surface area contributed by atoms with Crippen molar-refractivity contribution in [1.29, 1.82) is 0 Å². The summed E-state index contributed by atoms with van der Waals surface area (Å²) in [6.07, 6.45) is 1.38. The molecule has 3 rings (SSSR count). The fraction of sp³-hybridized carbons (Fsp3) is 0.300. The molecule has 0 spiro atoms. The molecule has 0 bridgehead atoms. The number of hydrogen-bond acceptors (Lipinski definition) is 4. The molecule has 7 heteroatoms. The summed E-state index contributed by atoms with van der Waals surface area (Å²) in [6, 6.07) is 7.16. The quantitative estimate of drug-likeness (QED) is 0.606. The summed E-state index contributed by atoms with van der Waals surface area (Å²) in [6.45, 7) is 3.52. The zero-order valence-corrected chi connectivity index (χ0v) is 15.4. The molecule has 2 aromatic heterocycles. The Balaban J connectivity index is 2.06. The van der Waals surface area contributed by atoms with Crippen LogP contribution in [0.2, 0.25) is 0 Å². The van der Waals surface area contributed by atoms with Crippen LogP contribution in [0.5, 0.6) is 5.88 Å². The van der Waals surface area contributed by atoms with Crippen LogP contribution in [-0.4, -0.2) is 22.7 Å². The smallest absolute Gasteiger partial charge is 0.342 e. The van der Waals surface area contributed by atoms with Crippen LogP contribution in [-0.2, 0) is 17.8 Å². The van der Waals surface area contributed by atoms with Crippen molar-refractivity contribution in [3.05, 3.63) is 64.4 Å². The zero-order chi connectivity index (χ0) is 19.6. The van der Waals surface area contributed by atoms with Crippen LogP contribution in [0.15, 0.2) is 30.3 Å². The lowest BCUT2D eigenvalue weighted by Gasteiger charge is -2.10. The van der Waals surface area contributed by atoms with Gasteiger partial charge in [0.15, 0.2) is 0 Å². The summed E-state index contributed by atoms with van der Waals surface area (Å²) >= 11 is 0. The molecule has 0 saturated heterocycles. The fourth-order valence-corrected chi connectivity index (χ4v) is 2.95. The van der Waals surface area contributed by atoms with Crippen molar-refractivity contribution in [3.8, 4) is 5.88 Å². The minimum Gasteiger partial charge on any atom is -0.473 e. The molecule has 27 heavy (non-hydrogen) atoms. The van der Waals surface area contributed by atoms with Gasteiger partial charge in [-0.05, 0) is 37.1 Å². The van der Waals surface area contributed by atoms with Crippen LogP contribution in [0.25, 0.3) is 5.52 Å². The van der Waals surface area contributed by atoms with E-state index < -0.39 is 17.6 Å². The Hall–Kier alpha value is -2.96. The Morgan fingerprint density at radius 3 is 2.56 bits per heavy atom. The van der Waals surface area contributed by atoms with Crippen molar-refractivity contribution in [2.24, 2.45) is 0 Å². The largest absolute Gasteiger partial charge is 0.473 e. The van der Waals surface area contributed by atoms with E-state index in [1.54, 1.807) is 12.1 Å². The van der Waals surface area contributed by atoms with Gasteiger partial charge in [-0.15, -0.1) is 0 Å². The summed E-state index contributed by atoms with van der Waals surface area (Å²) in [5.41, 5.74) is 2.16. The van der Waals surface area contributed by atoms with E-state index in [1.165, 1.54) is 29.8 Å². The van der Waals surface area contributed by atoms with Crippen molar-refractivity contribution in [1.82, 2.24) is 9.61 Å². The molecule has 0 unspecified atom stereocenters. The zero-order valence-electron chi connectivity index (χ0n) is 15.4. The van der Waals surface area contributed by atoms with Gasteiger partial charge in [-0.25, -0.2) is 13.6 Å². The highest BCUT2D eigenvalue weighted by Crippen LogP contribution is 2.26. The predicted molar refractivity (Wildman–Crippen MR) is 96.0 cm³/mol. The van der Waals surface area contributed by atoms with Gasteiger partial charge in [-0.1, -0.05) is 19.4 Å². The van der Waals surface area contributed by atoms with Crippen LogP contribution < -0.4 is 4.74 Å². The van der Waals surface area contributed by atoms with E-state index in [0.29, 0.717) is 29.1 Å². The van der Waals surface area contributed by atoms with Gasteiger partial charge >= 0.3 is 5.97 Å². The van der Waals surface area contributed by atoms with E-state index in [2.05, 4.69) is 5.10 Å².